The molecule has 2 N–H and O–H groups in total. The number of aryl methyl sites for hydroxylation is 1. The number of carbonyl (C=O) groups is 1. The highest BCUT2D eigenvalue weighted by atomic mass is 35.5. The van der Waals surface area contributed by atoms with Crippen molar-refractivity contribution in [1.82, 2.24) is 19.4 Å². The van der Waals surface area contributed by atoms with E-state index in [-0.39, 0.29) is 56.0 Å². The summed E-state index contributed by atoms with van der Waals surface area (Å²) in [6, 6.07) is 6.18. The Morgan fingerprint density at radius 2 is 1.91 bits per heavy atom. The van der Waals surface area contributed by atoms with Crippen molar-refractivity contribution in [2.75, 3.05) is 29.9 Å². The first kappa shape index (κ1) is 30.2. The second-order valence-electron chi connectivity index (χ2n) is 11.6. The van der Waals surface area contributed by atoms with Crippen LogP contribution in [-0.2, 0) is 4.79 Å². The van der Waals surface area contributed by atoms with Gasteiger partial charge in [-0.05, 0) is 49.6 Å². The lowest BCUT2D eigenvalue weighted by Gasteiger charge is -2.49. The quantitative estimate of drug-likeness (QED) is 0.241. The number of aromatic nitrogens is 3. The van der Waals surface area contributed by atoms with E-state index in [0.29, 0.717) is 53.3 Å². The molecule has 12 heteroatoms. The number of nitrogens with zero attached hydrogens (tertiary/aromatic N) is 5. The molecule has 9 nitrogen and oxygen atoms in total. The minimum absolute atomic E-state index is 0.00244. The van der Waals surface area contributed by atoms with E-state index < -0.39 is 0 Å². The zero-order valence-corrected chi connectivity index (χ0v) is 26.9. The molecule has 1 amide bonds. The number of benzene rings is 1. The normalized spacial score (nSPS) is 17.8. The van der Waals surface area contributed by atoms with E-state index >= 15 is 0 Å². The number of nitrogens with one attached hydrogen (secondary N) is 1. The molecule has 0 radical (unpaired) electrons. The Hall–Kier alpha value is -3.79. The second kappa shape index (κ2) is 11.3. The highest BCUT2D eigenvalue weighted by Crippen LogP contribution is 2.44. The summed E-state index contributed by atoms with van der Waals surface area (Å²) in [4.78, 5) is 40.9. The molecule has 0 spiro atoms. The van der Waals surface area contributed by atoms with Crippen LogP contribution in [0.4, 0.5) is 11.4 Å². The summed E-state index contributed by atoms with van der Waals surface area (Å²) >= 11 is 19.9. The Balaban J connectivity index is 1.70. The summed E-state index contributed by atoms with van der Waals surface area (Å²) in [6.07, 6.45) is 3.06. The molecule has 2 atom stereocenters. The zero-order valence-electron chi connectivity index (χ0n) is 24.7. The first-order chi connectivity index (χ1) is 20.9. The molecule has 44 heavy (non-hydrogen) atoms. The maximum atomic E-state index is 14.6. The van der Waals surface area contributed by atoms with E-state index in [4.69, 9.17) is 39.8 Å². The molecular weight excluding hydrogens is 623 g/mol. The van der Waals surface area contributed by atoms with Gasteiger partial charge in [0.05, 0.1) is 43.9 Å². The number of halogens is 3. The highest BCUT2D eigenvalue weighted by Gasteiger charge is 2.39. The fourth-order valence-corrected chi connectivity index (χ4v) is 6.95. The number of rotatable bonds is 4. The number of pyridine rings is 3. The number of phenols is 1. The van der Waals surface area contributed by atoms with Gasteiger partial charge in [-0.15, -0.1) is 0 Å². The molecule has 2 aliphatic heterocycles. The van der Waals surface area contributed by atoms with Crippen molar-refractivity contribution in [3.05, 3.63) is 79.8 Å². The van der Waals surface area contributed by atoms with Crippen LogP contribution in [-0.4, -0.2) is 62.2 Å². The van der Waals surface area contributed by atoms with Gasteiger partial charge in [0.2, 0.25) is 5.91 Å². The van der Waals surface area contributed by atoms with E-state index in [1.54, 1.807) is 21.7 Å². The molecule has 6 rings (SSSR count). The number of hydrogen-bond donors (Lipinski definition) is 2. The fraction of sp³-hybridized carbons (Fsp3) is 0.312. The minimum atomic E-state index is -0.290. The zero-order chi connectivity index (χ0) is 31.6. The van der Waals surface area contributed by atoms with Crippen molar-refractivity contribution in [2.45, 2.75) is 45.7 Å². The Morgan fingerprint density at radius 1 is 1.16 bits per heavy atom. The topological polar surface area (TPSA) is 104 Å². The van der Waals surface area contributed by atoms with Gasteiger partial charge in [0.15, 0.2) is 0 Å². The van der Waals surface area contributed by atoms with Crippen LogP contribution < -0.4 is 15.8 Å². The minimum Gasteiger partial charge on any atom is -0.508 e. The number of phenolic OH excluding ortho intramolecular Hbond substituents is 1. The van der Waals surface area contributed by atoms with Crippen LogP contribution in [0.5, 0.6) is 5.75 Å². The van der Waals surface area contributed by atoms with Gasteiger partial charge in [-0.25, -0.2) is 4.98 Å². The van der Waals surface area contributed by atoms with E-state index in [0.717, 1.165) is 11.3 Å². The molecule has 4 aromatic rings. The maximum Gasteiger partial charge on any atom is 0.282 e. The highest BCUT2D eigenvalue weighted by molar-refractivity contribution is 6.44. The van der Waals surface area contributed by atoms with Crippen molar-refractivity contribution in [3.8, 4) is 22.7 Å². The number of piperazine rings is 1. The average Bonchev–Trinajstić information content (AvgIpc) is 2.98. The van der Waals surface area contributed by atoms with Gasteiger partial charge in [-0.1, -0.05) is 55.2 Å². The Kier molecular flexibility index (Phi) is 7.76. The first-order valence-corrected chi connectivity index (χ1v) is 15.4. The third kappa shape index (κ3) is 4.78. The van der Waals surface area contributed by atoms with Crippen LogP contribution in [0, 0.1) is 6.92 Å². The third-order valence-electron chi connectivity index (χ3n) is 8.37. The average molecular weight is 654 g/mol. The molecule has 0 bridgehead atoms. The van der Waals surface area contributed by atoms with Crippen LogP contribution in [0.15, 0.2) is 47.9 Å². The maximum absolute atomic E-state index is 14.6. The van der Waals surface area contributed by atoms with Gasteiger partial charge in [0, 0.05) is 48.9 Å². The molecule has 0 saturated carbocycles. The Bertz CT molecular complexity index is 1920. The molecule has 3 aromatic heterocycles. The monoisotopic (exact) mass is 652 g/mol. The SMILES string of the molecule is C=CC(=O)N1CC2CNc3c(c4cc(Cl)c(-c5cc(O)cc(Cl)c5Cl)nc4n(-c4c(C)ccnc4C(C)C)c3=O)N2CC1C. The summed E-state index contributed by atoms with van der Waals surface area (Å²) in [5, 5.41) is 15.0. The van der Waals surface area contributed by atoms with Crippen molar-refractivity contribution in [2.24, 2.45) is 0 Å². The summed E-state index contributed by atoms with van der Waals surface area (Å²) < 4.78 is 1.60. The smallest absolute Gasteiger partial charge is 0.282 e. The molecule has 228 valence electrons. The number of aromatic hydroxyl groups is 1. The van der Waals surface area contributed by atoms with Crippen LogP contribution in [0.2, 0.25) is 15.1 Å². The number of anilines is 2. The van der Waals surface area contributed by atoms with E-state index in [1.807, 2.05) is 33.8 Å². The van der Waals surface area contributed by atoms with Crippen molar-refractivity contribution >= 4 is 63.1 Å². The standard InChI is InChI=1S/C32H31Cl3N6O3/c1-6-24(43)39-14-18-12-37-28-30(40(18)13-17(39)5)21-11-23(34)27(20-9-19(42)10-22(33)25(20)35)38-31(21)41(32(28)44)29-16(4)7-8-36-26(29)15(2)3/h6-11,15,17-18,37,42H,1,12-14H2,2-5H3. The lowest BCUT2D eigenvalue weighted by molar-refractivity contribution is -0.128. The largest absolute Gasteiger partial charge is 0.508 e. The van der Waals surface area contributed by atoms with Crippen LogP contribution in [0.25, 0.3) is 28.0 Å². The second-order valence-corrected chi connectivity index (χ2v) is 12.8. The Morgan fingerprint density at radius 3 is 2.61 bits per heavy atom. The molecule has 1 saturated heterocycles. The molecule has 5 heterocycles. The van der Waals surface area contributed by atoms with Crippen molar-refractivity contribution < 1.29 is 9.90 Å². The third-order valence-corrected chi connectivity index (χ3v) is 9.46. The van der Waals surface area contributed by atoms with Crippen LogP contribution in [0.1, 0.15) is 37.9 Å². The van der Waals surface area contributed by atoms with Gasteiger partial charge < -0.3 is 20.2 Å². The summed E-state index contributed by atoms with van der Waals surface area (Å²) in [7, 11) is 0. The molecule has 0 aliphatic carbocycles. The summed E-state index contributed by atoms with van der Waals surface area (Å²) in [6.45, 7) is 13.0. The molecule has 1 aromatic carbocycles. The van der Waals surface area contributed by atoms with Gasteiger partial charge in [0.25, 0.3) is 5.56 Å². The fourth-order valence-electron chi connectivity index (χ4n) is 6.28. The Labute approximate surface area is 269 Å². The van der Waals surface area contributed by atoms with Crippen LogP contribution >= 0.6 is 34.8 Å². The molecule has 2 aliphatic rings. The lowest BCUT2D eigenvalue weighted by Crippen LogP contribution is -2.62. The van der Waals surface area contributed by atoms with Crippen LogP contribution in [0.3, 0.4) is 0 Å². The first-order valence-electron chi connectivity index (χ1n) is 14.3. The van der Waals surface area contributed by atoms with E-state index in [1.165, 1.54) is 18.2 Å². The molecular formula is C32H31Cl3N6O3. The lowest BCUT2D eigenvalue weighted by atomic mass is 9.99. The van der Waals surface area contributed by atoms with Crippen molar-refractivity contribution in [1.29, 1.82) is 0 Å². The summed E-state index contributed by atoms with van der Waals surface area (Å²) in [5.41, 5.74) is 3.97. The molecule has 2 unspecified atom stereocenters. The van der Waals surface area contributed by atoms with Gasteiger partial charge in [-0.3, -0.25) is 19.1 Å². The predicted molar refractivity (Wildman–Crippen MR) is 177 cm³/mol. The van der Waals surface area contributed by atoms with Gasteiger partial charge >= 0.3 is 0 Å². The number of carbonyl (C=O) groups excluding carboxylic acids is 1. The van der Waals surface area contributed by atoms with Gasteiger partial charge in [0.1, 0.15) is 17.1 Å². The number of hydrogen-bond acceptors (Lipinski definition) is 7. The number of amides is 1. The summed E-state index contributed by atoms with van der Waals surface area (Å²) in [5.74, 6) is -0.233. The van der Waals surface area contributed by atoms with E-state index in [9.17, 15) is 14.7 Å². The van der Waals surface area contributed by atoms with E-state index in [2.05, 4.69) is 21.8 Å². The molecule has 1 fully saturated rings. The number of fused-ring (bicyclic) bond motifs is 5. The van der Waals surface area contributed by atoms with Crippen molar-refractivity contribution in [3.63, 3.8) is 0 Å². The predicted octanol–water partition coefficient (Wildman–Crippen LogP) is 6.56. The van der Waals surface area contributed by atoms with Gasteiger partial charge in [-0.2, -0.15) is 0 Å².